The van der Waals surface area contributed by atoms with Crippen LogP contribution in [0.5, 0.6) is 0 Å². The third kappa shape index (κ3) is 8.03. The summed E-state index contributed by atoms with van der Waals surface area (Å²) >= 11 is 0. The highest BCUT2D eigenvalue weighted by Crippen LogP contribution is 2.19. The molecule has 0 amide bonds. The van der Waals surface area contributed by atoms with Crippen molar-refractivity contribution >= 4 is 8.80 Å². The summed E-state index contributed by atoms with van der Waals surface area (Å²) in [7, 11) is -0.752. The van der Waals surface area contributed by atoms with Crippen LogP contribution >= 0.6 is 0 Å². The van der Waals surface area contributed by atoms with Crippen molar-refractivity contribution in [2.45, 2.75) is 52.0 Å². The molecular weight excluding hydrogens is 298 g/mol. The van der Waals surface area contributed by atoms with Crippen LogP contribution in [-0.4, -0.2) is 66.9 Å². The minimum Gasteiger partial charge on any atom is -0.377 e. The van der Waals surface area contributed by atoms with Crippen molar-refractivity contribution in [3.05, 3.63) is 0 Å². The molecule has 5 nitrogen and oxygen atoms in total. The second-order valence-corrected chi connectivity index (χ2v) is 8.70. The van der Waals surface area contributed by atoms with E-state index in [1.54, 1.807) is 7.11 Å². The van der Waals surface area contributed by atoms with Gasteiger partial charge in [0.1, 0.15) is 0 Å². The molecule has 0 radical (unpaired) electrons. The molecule has 0 aliphatic carbocycles. The molecule has 0 atom stereocenters. The van der Waals surface area contributed by atoms with Gasteiger partial charge in [0.05, 0.1) is 26.4 Å². The SMILES string of the molecule is CCCCN(CCCC)CCC[Si]1(OC)OCCOCCO1. The Morgan fingerprint density at radius 3 is 1.91 bits per heavy atom. The van der Waals surface area contributed by atoms with Gasteiger partial charge >= 0.3 is 8.80 Å². The lowest BCUT2D eigenvalue weighted by Gasteiger charge is -2.31. The molecule has 132 valence electrons. The lowest BCUT2D eigenvalue weighted by molar-refractivity contribution is -0.00981. The summed E-state index contributed by atoms with van der Waals surface area (Å²) in [5, 5.41) is 0. The molecular formula is C16H35NO4Si. The first kappa shape index (κ1) is 20.1. The van der Waals surface area contributed by atoms with Crippen LogP contribution in [0.4, 0.5) is 0 Å². The third-order valence-corrected chi connectivity index (χ3v) is 6.90. The fourth-order valence-corrected chi connectivity index (χ4v) is 4.83. The van der Waals surface area contributed by atoms with Gasteiger partial charge in [-0.3, -0.25) is 0 Å². The summed E-state index contributed by atoms with van der Waals surface area (Å²) in [6, 6.07) is 0.901. The number of hydrogen-bond acceptors (Lipinski definition) is 5. The van der Waals surface area contributed by atoms with Crippen molar-refractivity contribution in [1.82, 2.24) is 4.90 Å². The van der Waals surface area contributed by atoms with E-state index in [0.29, 0.717) is 26.4 Å². The number of nitrogens with zero attached hydrogens (tertiary/aromatic N) is 1. The van der Waals surface area contributed by atoms with Gasteiger partial charge < -0.3 is 22.9 Å². The van der Waals surface area contributed by atoms with Gasteiger partial charge in [-0.25, -0.2) is 0 Å². The summed E-state index contributed by atoms with van der Waals surface area (Å²) < 4.78 is 22.9. The fraction of sp³-hybridized carbons (Fsp3) is 1.00. The first-order valence-corrected chi connectivity index (χ1v) is 10.8. The largest absolute Gasteiger partial charge is 0.500 e. The van der Waals surface area contributed by atoms with E-state index in [0.717, 1.165) is 19.0 Å². The van der Waals surface area contributed by atoms with Crippen LogP contribution in [-0.2, 0) is 18.0 Å². The van der Waals surface area contributed by atoms with Crippen LogP contribution in [0.25, 0.3) is 0 Å². The molecule has 0 unspecified atom stereocenters. The summed E-state index contributed by atoms with van der Waals surface area (Å²) in [5.74, 6) is 0. The Hall–Kier alpha value is 0.0169. The van der Waals surface area contributed by atoms with Gasteiger partial charge in [-0.05, 0) is 38.9 Å². The third-order valence-electron chi connectivity index (χ3n) is 4.02. The van der Waals surface area contributed by atoms with Gasteiger partial charge in [0, 0.05) is 13.2 Å². The summed E-state index contributed by atoms with van der Waals surface area (Å²) in [5.41, 5.74) is 0. The molecule has 0 saturated carbocycles. The molecule has 0 aromatic rings. The van der Waals surface area contributed by atoms with Crippen molar-refractivity contribution in [3.8, 4) is 0 Å². The number of rotatable bonds is 11. The van der Waals surface area contributed by atoms with E-state index in [1.807, 2.05) is 0 Å². The van der Waals surface area contributed by atoms with Gasteiger partial charge in [-0.1, -0.05) is 26.7 Å². The zero-order chi connectivity index (χ0) is 16.1. The standard InChI is InChI=1S/C16H35NO4Si/c1-4-6-9-17(10-7-5-2)11-8-16-22(18-3)20-14-12-19-13-15-21-22/h4-16H2,1-3H3. The Kier molecular flexibility index (Phi) is 11.3. The number of unbranched alkanes of at least 4 members (excludes halogenated alkanes) is 2. The molecule has 1 saturated heterocycles. The van der Waals surface area contributed by atoms with E-state index < -0.39 is 8.80 Å². The first-order chi connectivity index (χ1) is 10.8. The average Bonchev–Trinajstić information content (AvgIpc) is 2.51. The van der Waals surface area contributed by atoms with Crippen molar-refractivity contribution in [1.29, 1.82) is 0 Å². The lowest BCUT2D eigenvalue weighted by Crippen LogP contribution is -2.48. The van der Waals surface area contributed by atoms with Crippen LogP contribution in [0.1, 0.15) is 46.0 Å². The monoisotopic (exact) mass is 333 g/mol. The first-order valence-electron chi connectivity index (χ1n) is 8.89. The zero-order valence-corrected chi connectivity index (χ0v) is 15.8. The molecule has 1 rings (SSSR count). The molecule has 0 aromatic heterocycles. The predicted octanol–water partition coefficient (Wildman–Crippen LogP) is 2.93. The maximum atomic E-state index is 5.91. The topological polar surface area (TPSA) is 40.2 Å². The minimum atomic E-state index is -2.48. The van der Waals surface area contributed by atoms with E-state index in [9.17, 15) is 0 Å². The maximum absolute atomic E-state index is 5.91. The smallest absolute Gasteiger partial charge is 0.377 e. The number of ether oxygens (including phenoxy) is 1. The van der Waals surface area contributed by atoms with Gasteiger partial charge in [0.15, 0.2) is 0 Å². The quantitative estimate of drug-likeness (QED) is 0.544. The van der Waals surface area contributed by atoms with Crippen LogP contribution < -0.4 is 0 Å². The molecule has 0 aromatic carbocycles. The van der Waals surface area contributed by atoms with Gasteiger partial charge in [0.2, 0.25) is 0 Å². The number of hydrogen-bond donors (Lipinski definition) is 0. The normalized spacial score (nSPS) is 19.1. The Labute approximate surface area is 137 Å². The maximum Gasteiger partial charge on any atom is 0.500 e. The van der Waals surface area contributed by atoms with Gasteiger partial charge in [-0.15, -0.1) is 0 Å². The molecule has 22 heavy (non-hydrogen) atoms. The van der Waals surface area contributed by atoms with Crippen LogP contribution in [0.2, 0.25) is 6.04 Å². The molecule has 0 spiro atoms. The highest BCUT2D eigenvalue weighted by atomic mass is 28.4. The minimum absolute atomic E-state index is 0.579. The molecule has 0 bridgehead atoms. The van der Waals surface area contributed by atoms with E-state index in [-0.39, 0.29) is 0 Å². The van der Waals surface area contributed by atoms with Crippen molar-refractivity contribution in [2.75, 3.05) is 53.2 Å². The van der Waals surface area contributed by atoms with Gasteiger partial charge in [0.25, 0.3) is 0 Å². The molecule has 1 aliphatic rings. The van der Waals surface area contributed by atoms with Crippen LogP contribution in [0.15, 0.2) is 0 Å². The highest BCUT2D eigenvalue weighted by molar-refractivity contribution is 6.60. The van der Waals surface area contributed by atoms with E-state index in [4.69, 9.17) is 18.0 Å². The lowest BCUT2D eigenvalue weighted by atomic mass is 10.2. The second kappa shape index (κ2) is 12.4. The molecule has 1 heterocycles. The Balaban J connectivity index is 2.38. The van der Waals surface area contributed by atoms with Crippen LogP contribution in [0.3, 0.4) is 0 Å². The van der Waals surface area contributed by atoms with Crippen molar-refractivity contribution in [3.63, 3.8) is 0 Å². The average molecular weight is 334 g/mol. The predicted molar refractivity (Wildman–Crippen MR) is 91.2 cm³/mol. The Morgan fingerprint density at radius 2 is 1.41 bits per heavy atom. The van der Waals surface area contributed by atoms with Crippen LogP contribution in [0, 0.1) is 0 Å². The molecule has 0 N–H and O–H groups in total. The second-order valence-electron chi connectivity index (χ2n) is 5.85. The summed E-state index contributed by atoms with van der Waals surface area (Å²) in [6.45, 7) is 10.5. The molecule has 6 heteroatoms. The van der Waals surface area contributed by atoms with Crippen molar-refractivity contribution in [2.24, 2.45) is 0 Å². The van der Waals surface area contributed by atoms with Gasteiger partial charge in [-0.2, -0.15) is 0 Å². The van der Waals surface area contributed by atoms with E-state index >= 15 is 0 Å². The highest BCUT2D eigenvalue weighted by Gasteiger charge is 2.40. The Morgan fingerprint density at radius 1 is 0.864 bits per heavy atom. The summed E-state index contributed by atoms with van der Waals surface area (Å²) in [6.07, 6.45) is 6.15. The van der Waals surface area contributed by atoms with Crippen molar-refractivity contribution < 1.29 is 18.0 Å². The van der Waals surface area contributed by atoms with E-state index in [1.165, 1.54) is 38.8 Å². The zero-order valence-electron chi connectivity index (χ0n) is 14.8. The fourth-order valence-electron chi connectivity index (χ4n) is 2.64. The Bertz CT molecular complexity index is 253. The molecule has 1 fully saturated rings. The van der Waals surface area contributed by atoms with E-state index in [2.05, 4.69) is 18.7 Å². The molecule has 1 aliphatic heterocycles. The summed E-state index contributed by atoms with van der Waals surface area (Å²) in [4.78, 5) is 2.58.